The Morgan fingerprint density at radius 1 is 0.984 bits per heavy atom. The van der Waals surface area contributed by atoms with Crippen LogP contribution in [0, 0.1) is 23.2 Å². The number of anilines is 1. The Bertz CT molecular complexity index is 2180. The van der Waals surface area contributed by atoms with Gasteiger partial charge in [0.05, 0.1) is 44.7 Å². The lowest BCUT2D eigenvalue weighted by atomic mass is 9.92. The fourth-order valence-electron chi connectivity index (χ4n) is 7.57. The SMILES string of the molecule is CC[C@H]1O[C@@H](n2ccc(=O)[nH]c2=O)[C@@H](OC)C1CC(=O)NC[C@H]1O[C@@H](n2cnc3c(=O)[nH]c(NC(=O)C(C)C)nc32)[C@@H](OCCOC)C1OP(OCCC#N)N(C(C)C)C(C)C. The van der Waals surface area contributed by atoms with Crippen molar-refractivity contribution in [2.24, 2.45) is 11.8 Å². The van der Waals surface area contributed by atoms with E-state index in [0.717, 1.165) is 0 Å². The Morgan fingerprint density at radius 2 is 1.69 bits per heavy atom. The molecule has 0 aromatic carbocycles. The van der Waals surface area contributed by atoms with Crippen molar-refractivity contribution >= 4 is 37.5 Å². The number of nitrogens with zero attached hydrogens (tertiary/aromatic N) is 6. The number of aromatic amines is 2. The highest BCUT2D eigenvalue weighted by atomic mass is 31.2. The van der Waals surface area contributed by atoms with Crippen LogP contribution >= 0.6 is 8.53 Å². The van der Waals surface area contributed by atoms with Crippen LogP contribution in [0.15, 0.2) is 33.0 Å². The zero-order chi connectivity index (χ0) is 45.2. The van der Waals surface area contributed by atoms with Crippen molar-refractivity contribution in [1.29, 1.82) is 5.26 Å². The van der Waals surface area contributed by atoms with Gasteiger partial charge in [0, 0.05) is 63.4 Å². The molecule has 2 saturated heterocycles. The highest BCUT2D eigenvalue weighted by molar-refractivity contribution is 7.44. The molecule has 3 aromatic rings. The summed E-state index contributed by atoms with van der Waals surface area (Å²) < 4.78 is 48.7. The van der Waals surface area contributed by atoms with Crippen LogP contribution in [0.1, 0.15) is 80.2 Å². The predicted molar refractivity (Wildman–Crippen MR) is 225 cm³/mol. The Hall–Kier alpha value is -4.43. The van der Waals surface area contributed by atoms with E-state index in [-0.39, 0.29) is 80.2 Å². The van der Waals surface area contributed by atoms with Crippen molar-refractivity contribution in [2.45, 2.75) is 123 Å². The number of hydrogen-bond donors (Lipinski definition) is 4. The van der Waals surface area contributed by atoms with Crippen LogP contribution < -0.4 is 27.4 Å². The minimum absolute atomic E-state index is 0.0201. The fourth-order valence-corrected chi connectivity index (χ4v) is 9.34. The number of hydrogen-bond acceptors (Lipinski definition) is 16. The molecule has 5 heterocycles. The van der Waals surface area contributed by atoms with Gasteiger partial charge in [-0.25, -0.2) is 14.4 Å². The monoisotopic (exact) mass is 890 g/mol. The third kappa shape index (κ3) is 11.4. The summed E-state index contributed by atoms with van der Waals surface area (Å²) in [5.41, 5.74) is -1.75. The van der Waals surface area contributed by atoms with Gasteiger partial charge in [-0.15, -0.1) is 0 Å². The van der Waals surface area contributed by atoms with Crippen LogP contribution in [0.3, 0.4) is 0 Å². The van der Waals surface area contributed by atoms with Gasteiger partial charge in [0.2, 0.25) is 17.8 Å². The summed E-state index contributed by atoms with van der Waals surface area (Å²) in [7, 11) is 1.13. The summed E-state index contributed by atoms with van der Waals surface area (Å²) in [5.74, 6) is -1.71. The molecule has 23 heteroatoms. The first kappa shape index (κ1) is 48.6. The average molecular weight is 891 g/mol. The van der Waals surface area contributed by atoms with Crippen molar-refractivity contribution in [3.05, 3.63) is 49.8 Å². The molecule has 0 saturated carbocycles. The van der Waals surface area contributed by atoms with E-state index in [1.54, 1.807) is 13.8 Å². The van der Waals surface area contributed by atoms with E-state index in [0.29, 0.717) is 6.42 Å². The third-order valence-electron chi connectivity index (χ3n) is 10.4. The number of nitrogens with one attached hydrogen (secondary N) is 4. The predicted octanol–water partition coefficient (Wildman–Crippen LogP) is 2.30. The van der Waals surface area contributed by atoms with Crippen molar-refractivity contribution in [2.75, 3.05) is 45.9 Å². The maximum Gasteiger partial charge on any atom is 0.330 e. The van der Waals surface area contributed by atoms with Gasteiger partial charge in [0.15, 0.2) is 23.6 Å². The van der Waals surface area contributed by atoms with Crippen molar-refractivity contribution in [1.82, 2.24) is 39.1 Å². The molecule has 2 aliphatic rings. The Labute approximate surface area is 359 Å². The lowest BCUT2D eigenvalue weighted by molar-refractivity contribution is -0.124. The third-order valence-corrected chi connectivity index (χ3v) is 12.6. The zero-order valence-corrected chi connectivity index (χ0v) is 37.5. The first-order valence-corrected chi connectivity index (χ1v) is 21.8. The molecule has 4 N–H and O–H groups in total. The Balaban J connectivity index is 1.50. The molecule has 3 aromatic heterocycles. The van der Waals surface area contributed by atoms with Crippen LogP contribution in [0.5, 0.6) is 0 Å². The van der Waals surface area contributed by atoms with Crippen LogP contribution in [0.25, 0.3) is 11.2 Å². The second kappa shape index (κ2) is 22.3. The van der Waals surface area contributed by atoms with E-state index in [4.69, 9.17) is 32.7 Å². The van der Waals surface area contributed by atoms with E-state index < -0.39 is 80.1 Å². The molecule has 5 rings (SSSR count). The van der Waals surface area contributed by atoms with Crippen LogP contribution in [-0.2, 0) is 42.3 Å². The molecule has 2 fully saturated rings. The average Bonchev–Trinajstić information content (AvgIpc) is 3.90. The van der Waals surface area contributed by atoms with Gasteiger partial charge in [-0.05, 0) is 34.1 Å². The number of fused-ring (bicyclic) bond motifs is 1. The van der Waals surface area contributed by atoms with Crippen molar-refractivity contribution in [3.63, 3.8) is 0 Å². The maximum atomic E-state index is 14.0. The first-order chi connectivity index (χ1) is 29.6. The molecular weight excluding hydrogens is 831 g/mol. The van der Waals surface area contributed by atoms with Gasteiger partial charge in [-0.1, -0.05) is 20.8 Å². The summed E-state index contributed by atoms with van der Waals surface area (Å²) in [6.07, 6.45) is -2.63. The molecule has 9 atom stereocenters. The normalized spacial score (nSPS) is 24.4. The standard InChI is InChI=1S/C39H59N10O12P/c1-10-25-24(30(56-9)36(59-25)47-14-12-27(50)43-39(47)54)18-28(51)41-19-26-31(61-62(58-15-11-13-40)49(22(4)5)23(6)7)32(57-17-16-55-8)37(60-26)48-20-42-29-33(48)44-38(46-35(29)53)45-34(52)21(2)3/h12,14,20-26,30-32,36-37H,10-11,15-19H2,1-9H3,(H,41,51)(H,43,50,54)(H2,44,45,46,52,53)/t24?,25-,26-,30+,31?,32+,36-,37-,62?/m1/s1. The van der Waals surface area contributed by atoms with Gasteiger partial charge in [-0.3, -0.25) is 43.6 Å². The summed E-state index contributed by atoms with van der Waals surface area (Å²) in [4.78, 5) is 78.0. The first-order valence-electron chi connectivity index (χ1n) is 20.7. The number of ether oxygens (including phenoxy) is 5. The molecule has 0 bridgehead atoms. The van der Waals surface area contributed by atoms with Crippen molar-refractivity contribution < 1.29 is 42.3 Å². The van der Waals surface area contributed by atoms with Gasteiger partial charge < -0.3 is 38.0 Å². The smallest absolute Gasteiger partial charge is 0.330 e. The summed E-state index contributed by atoms with van der Waals surface area (Å²) in [6.45, 7) is 13.6. The van der Waals surface area contributed by atoms with Crippen molar-refractivity contribution in [3.8, 4) is 6.07 Å². The second-order valence-electron chi connectivity index (χ2n) is 15.8. The number of methoxy groups -OCH3 is 2. The number of amides is 2. The number of rotatable bonds is 22. The lowest BCUT2D eigenvalue weighted by Gasteiger charge is -2.38. The largest absolute Gasteiger partial charge is 0.382 e. The highest BCUT2D eigenvalue weighted by Gasteiger charge is 2.51. The van der Waals surface area contributed by atoms with Crippen LogP contribution in [0.2, 0.25) is 0 Å². The van der Waals surface area contributed by atoms with E-state index in [2.05, 4.69) is 41.3 Å². The molecule has 0 radical (unpaired) electrons. The number of H-pyrrole nitrogens is 2. The van der Waals surface area contributed by atoms with E-state index in [1.807, 2.05) is 34.6 Å². The topological polar surface area (TPSA) is 268 Å². The molecule has 62 heavy (non-hydrogen) atoms. The number of carbonyl (C=O) groups is 2. The highest BCUT2D eigenvalue weighted by Crippen LogP contribution is 2.50. The molecule has 2 amide bonds. The molecule has 3 unspecified atom stereocenters. The summed E-state index contributed by atoms with van der Waals surface area (Å²) in [5, 5.41) is 15.0. The van der Waals surface area contributed by atoms with Gasteiger partial charge in [0.25, 0.3) is 19.6 Å². The number of imidazole rings is 1. The summed E-state index contributed by atoms with van der Waals surface area (Å²) in [6, 6.07) is 3.22. The fraction of sp³-hybridized carbons (Fsp3) is 0.692. The molecule has 22 nitrogen and oxygen atoms in total. The molecule has 0 spiro atoms. The Kier molecular flexibility index (Phi) is 17.5. The maximum absolute atomic E-state index is 14.0. The van der Waals surface area contributed by atoms with Gasteiger partial charge >= 0.3 is 5.69 Å². The van der Waals surface area contributed by atoms with E-state index in [1.165, 1.54) is 41.9 Å². The van der Waals surface area contributed by atoms with E-state index in [9.17, 15) is 29.2 Å². The minimum atomic E-state index is -1.87. The quantitative estimate of drug-likeness (QED) is 0.0833. The molecule has 342 valence electrons. The molecule has 2 aliphatic heterocycles. The van der Waals surface area contributed by atoms with Crippen LogP contribution in [0.4, 0.5) is 5.95 Å². The lowest BCUT2D eigenvalue weighted by Crippen LogP contribution is -2.44. The molecular formula is C39H59N10O12P. The van der Waals surface area contributed by atoms with Gasteiger partial charge in [0.1, 0.15) is 24.4 Å². The minimum Gasteiger partial charge on any atom is -0.382 e. The number of nitriles is 1. The van der Waals surface area contributed by atoms with E-state index >= 15 is 0 Å². The molecule has 0 aliphatic carbocycles. The van der Waals surface area contributed by atoms with Crippen LogP contribution in [-0.4, -0.2) is 129 Å². The Morgan fingerprint density at radius 3 is 2.32 bits per heavy atom. The number of aromatic nitrogens is 6. The summed E-state index contributed by atoms with van der Waals surface area (Å²) >= 11 is 0. The van der Waals surface area contributed by atoms with Gasteiger partial charge in [-0.2, -0.15) is 10.2 Å². The number of carbonyl (C=O) groups excluding carboxylic acids is 2. The second-order valence-corrected chi connectivity index (χ2v) is 17.2. The zero-order valence-electron chi connectivity index (χ0n) is 36.6.